The van der Waals surface area contributed by atoms with Gasteiger partial charge in [0.2, 0.25) is 5.91 Å². The highest BCUT2D eigenvalue weighted by atomic mass is 19.1. The Kier molecular flexibility index (Phi) is 8.02. The predicted octanol–water partition coefficient (Wildman–Crippen LogP) is 4.97. The van der Waals surface area contributed by atoms with Crippen molar-refractivity contribution in [2.24, 2.45) is 17.1 Å². The van der Waals surface area contributed by atoms with Gasteiger partial charge in [-0.25, -0.2) is 4.39 Å². The van der Waals surface area contributed by atoms with Crippen LogP contribution in [-0.2, 0) is 11.3 Å². The lowest BCUT2D eigenvalue weighted by molar-refractivity contribution is -0.138. The number of halogens is 1. The number of anilines is 1. The summed E-state index contributed by atoms with van der Waals surface area (Å²) in [6.45, 7) is 5.56. The van der Waals surface area contributed by atoms with Crippen LogP contribution in [0.1, 0.15) is 61.9 Å². The Morgan fingerprint density at radius 1 is 1.06 bits per heavy atom. The largest absolute Gasteiger partial charge is 0.337 e. The molecule has 172 valence electrons. The van der Waals surface area contributed by atoms with E-state index in [0.29, 0.717) is 30.9 Å². The number of hydrogen-bond donors (Lipinski definition) is 2. The van der Waals surface area contributed by atoms with E-state index >= 15 is 0 Å². The first kappa shape index (κ1) is 23.9. The number of para-hydroxylation sites is 1. The minimum absolute atomic E-state index is 0.0540. The molecular formula is C26H34FN3O2. The summed E-state index contributed by atoms with van der Waals surface area (Å²) in [4.78, 5) is 28.0. The zero-order valence-corrected chi connectivity index (χ0v) is 19.1. The van der Waals surface area contributed by atoms with Crippen LogP contribution < -0.4 is 11.1 Å². The molecule has 1 aliphatic carbocycles. The van der Waals surface area contributed by atoms with E-state index in [9.17, 15) is 14.0 Å². The Balaban J connectivity index is 1.81. The zero-order valence-electron chi connectivity index (χ0n) is 19.1. The summed E-state index contributed by atoms with van der Waals surface area (Å²) in [5.74, 6) is -0.476. The van der Waals surface area contributed by atoms with Crippen LogP contribution in [0.3, 0.4) is 0 Å². The molecule has 0 atom stereocenters. The van der Waals surface area contributed by atoms with E-state index in [1.165, 1.54) is 30.7 Å². The van der Waals surface area contributed by atoms with Crippen LogP contribution in [0.2, 0.25) is 0 Å². The van der Waals surface area contributed by atoms with Gasteiger partial charge < -0.3 is 16.0 Å². The van der Waals surface area contributed by atoms with Gasteiger partial charge in [0.25, 0.3) is 5.91 Å². The predicted molar refractivity (Wildman–Crippen MR) is 126 cm³/mol. The first-order valence-corrected chi connectivity index (χ1v) is 11.4. The molecule has 6 heteroatoms. The fourth-order valence-corrected chi connectivity index (χ4v) is 4.18. The smallest absolute Gasteiger partial charge is 0.255 e. The zero-order chi connectivity index (χ0) is 23.1. The van der Waals surface area contributed by atoms with Crippen molar-refractivity contribution < 1.29 is 14.0 Å². The second-order valence-electron chi connectivity index (χ2n) is 9.52. The fourth-order valence-electron chi connectivity index (χ4n) is 4.18. The number of nitrogens with zero attached hydrogens (tertiary/aromatic N) is 1. The molecule has 2 aromatic carbocycles. The van der Waals surface area contributed by atoms with Gasteiger partial charge in [0, 0.05) is 30.3 Å². The summed E-state index contributed by atoms with van der Waals surface area (Å²) in [6, 6.07) is 12.9. The molecule has 0 saturated heterocycles. The molecule has 5 nitrogen and oxygen atoms in total. The second kappa shape index (κ2) is 10.7. The summed E-state index contributed by atoms with van der Waals surface area (Å²) >= 11 is 0. The first-order valence-electron chi connectivity index (χ1n) is 11.4. The van der Waals surface area contributed by atoms with E-state index in [4.69, 9.17) is 5.73 Å². The van der Waals surface area contributed by atoms with Gasteiger partial charge in [-0.15, -0.1) is 0 Å². The van der Waals surface area contributed by atoms with Gasteiger partial charge in [-0.05, 0) is 60.7 Å². The van der Waals surface area contributed by atoms with Gasteiger partial charge in [-0.2, -0.15) is 0 Å². The molecule has 0 bridgehead atoms. The Morgan fingerprint density at radius 2 is 1.72 bits per heavy atom. The molecule has 3 rings (SSSR count). The lowest BCUT2D eigenvalue weighted by Crippen LogP contribution is -2.44. The van der Waals surface area contributed by atoms with Crippen LogP contribution in [0.15, 0.2) is 48.5 Å². The lowest BCUT2D eigenvalue weighted by atomic mass is 9.86. The summed E-state index contributed by atoms with van der Waals surface area (Å²) in [6.07, 6.45) is 5.24. The van der Waals surface area contributed by atoms with Gasteiger partial charge in [-0.1, -0.05) is 51.3 Å². The summed E-state index contributed by atoms with van der Waals surface area (Å²) < 4.78 is 13.2. The van der Waals surface area contributed by atoms with Crippen molar-refractivity contribution in [2.75, 3.05) is 18.4 Å². The highest BCUT2D eigenvalue weighted by Crippen LogP contribution is 2.29. The van der Waals surface area contributed by atoms with Crippen molar-refractivity contribution in [1.29, 1.82) is 0 Å². The average Bonchev–Trinajstić information content (AvgIpc) is 2.80. The van der Waals surface area contributed by atoms with Crippen LogP contribution in [0.25, 0.3) is 0 Å². The number of nitrogens with two attached hydrogens (primary N) is 1. The Hall–Kier alpha value is -2.73. The number of carbonyl (C=O) groups is 2. The molecule has 0 aromatic heterocycles. The maximum atomic E-state index is 13.4. The minimum Gasteiger partial charge on any atom is -0.337 e. The quantitative estimate of drug-likeness (QED) is 0.610. The van der Waals surface area contributed by atoms with E-state index in [1.54, 1.807) is 0 Å². The van der Waals surface area contributed by atoms with Crippen molar-refractivity contribution in [3.63, 3.8) is 0 Å². The van der Waals surface area contributed by atoms with Gasteiger partial charge >= 0.3 is 0 Å². The summed E-state index contributed by atoms with van der Waals surface area (Å²) in [5, 5.41) is 2.92. The third kappa shape index (κ3) is 6.39. The number of amides is 2. The van der Waals surface area contributed by atoms with Crippen LogP contribution >= 0.6 is 0 Å². The number of carbonyl (C=O) groups excluding carboxylic acids is 2. The topological polar surface area (TPSA) is 75.4 Å². The maximum absolute atomic E-state index is 13.4. The SMILES string of the molecule is CC(C)(CN)CN(Cc1ccccc1NC(=O)c1ccc(F)cc1)C(=O)C1CCCCC1. The Bertz CT molecular complexity index is 921. The fraction of sp³-hybridized carbons (Fsp3) is 0.462. The van der Waals surface area contributed by atoms with Gasteiger partial charge in [-0.3, -0.25) is 9.59 Å². The van der Waals surface area contributed by atoms with Crippen molar-refractivity contribution in [3.8, 4) is 0 Å². The monoisotopic (exact) mass is 439 g/mol. The molecule has 1 fully saturated rings. The van der Waals surface area contributed by atoms with Crippen LogP contribution in [0, 0.1) is 17.2 Å². The summed E-state index contributed by atoms with van der Waals surface area (Å²) in [5.41, 5.74) is 7.65. The Morgan fingerprint density at radius 3 is 2.38 bits per heavy atom. The van der Waals surface area contributed by atoms with E-state index in [-0.39, 0.29) is 29.0 Å². The van der Waals surface area contributed by atoms with Gasteiger partial charge in [0.1, 0.15) is 5.82 Å². The van der Waals surface area contributed by atoms with E-state index in [2.05, 4.69) is 19.2 Å². The minimum atomic E-state index is -0.388. The second-order valence-corrected chi connectivity index (χ2v) is 9.52. The van der Waals surface area contributed by atoms with Crippen LogP contribution in [0.4, 0.5) is 10.1 Å². The molecule has 2 amide bonds. The molecule has 1 aliphatic rings. The molecule has 0 unspecified atom stereocenters. The van der Waals surface area contributed by atoms with Crippen molar-refractivity contribution in [2.45, 2.75) is 52.5 Å². The molecule has 2 aromatic rings. The molecule has 0 aliphatic heterocycles. The third-order valence-electron chi connectivity index (χ3n) is 6.17. The standard InChI is InChI=1S/C26H34FN3O2/c1-26(2,17-28)18-30(25(32)20-8-4-3-5-9-20)16-21-10-6-7-11-23(21)29-24(31)19-12-14-22(27)15-13-19/h6-7,10-15,20H,3-5,8-9,16-18,28H2,1-2H3,(H,29,31). The number of rotatable bonds is 8. The average molecular weight is 440 g/mol. The van der Waals surface area contributed by atoms with E-state index in [0.717, 1.165) is 31.2 Å². The number of benzene rings is 2. The molecule has 0 heterocycles. The molecule has 32 heavy (non-hydrogen) atoms. The lowest BCUT2D eigenvalue weighted by Gasteiger charge is -2.35. The number of hydrogen-bond acceptors (Lipinski definition) is 3. The maximum Gasteiger partial charge on any atom is 0.255 e. The first-order chi connectivity index (χ1) is 15.3. The highest BCUT2D eigenvalue weighted by Gasteiger charge is 2.30. The van der Waals surface area contributed by atoms with Crippen LogP contribution in [0.5, 0.6) is 0 Å². The normalized spacial score (nSPS) is 14.8. The van der Waals surface area contributed by atoms with Gasteiger partial charge in [0.15, 0.2) is 0 Å². The number of nitrogens with one attached hydrogen (secondary N) is 1. The van der Waals surface area contributed by atoms with Crippen molar-refractivity contribution in [3.05, 3.63) is 65.5 Å². The molecule has 1 saturated carbocycles. The highest BCUT2D eigenvalue weighted by molar-refractivity contribution is 6.04. The Labute approximate surface area is 190 Å². The summed E-state index contributed by atoms with van der Waals surface area (Å²) in [7, 11) is 0. The van der Waals surface area contributed by atoms with E-state index < -0.39 is 0 Å². The van der Waals surface area contributed by atoms with Gasteiger partial charge in [0.05, 0.1) is 0 Å². The molecule has 0 spiro atoms. The van der Waals surface area contributed by atoms with Crippen LogP contribution in [-0.4, -0.2) is 29.8 Å². The molecular weight excluding hydrogens is 405 g/mol. The van der Waals surface area contributed by atoms with Crippen molar-refractivity contribution >= 4 is 17.5 Å². The van der Waals surface area contributed by atoms with E-state index in [1.807, 2.05) is 29.2 Å². The molecule has 3 N–H and O–H groups in total. The van der Waals surface area contributed by atoms with Crippen molar-refractivity contribution in [1.82, 2.24) is 4.90 Å². The molecule has 0 radical (unpaired) electrons. The third-order valence-corrected chi connectivity index (χ3v) is 6.17.